The van der Waals surface area contributed by atoms with E-state index in [1.807, 2.05) is 23.1 Å². The zero-order valence-electron chi connectivity index (χ0n) is 21.3. The Labute approximate surface area is 210 Å². The maximum Gasteiger partial charge on any atom is 0.236 e. The Morgan fingerprint density at radius 3 is 2.74 bits per heavy atom. The molecule has 3 heterocycles. The smallest absolute Gasteiger partial charge is 0.236 e. The van der Waals surface area contributed by atoms with E-state index in [-0.39, 0.29) is 23.7 Å². The van der Waals surface area contributed by atoms with Gasteiger partial charge in [0.15, 0.2) is 0 Å². The van der Waals surface area contributed by atoms with Crippen molar-refractivity contribution in [2.24, 2.45) is 11.8 Å². The van der Waals surface area contributed by atoms with E-state index in [1.54, 1.807) is 0 Å². The molecule has 0 spiro atoms. The van der Waals surface area contributed by atoms with Gasteiger partial charge in [-0.25, -0.2) is 0 Å². The van der Waals surface area contributed by atoms with Crippen LogP contribution in [0.15, 0.2) is 36.4 Å². The number of fused-ring (bicyclic) bond motifs is 3. The number of rotatable bonds is 7. The first kappa shape index (κ1) is 25.7. The molecule has 0 aliphatic carbocycles. The number of para-hydroxylation sites is 1. The van der Waals surface area contributed by atoms with Gasteiger partial charge in [0, 0.05) is 44.7 Å². The maximum absolute atomic E-state index is 13.3. The Morgan fingerprint density at radius 2 is 1.91 bits per heavy atom. The van der Waals surface area contributed by atoms with Gasteiger partial charge in [-0.15, -0.1) is 0 Å². The minimum atomic E-state index is 0.129. The minimum absolute atomic E-state index is 0.129. The molecule has 1 aromatic carbocycles. The molecule has 192 valence electrons. The van der Waals surface area contributed by atoms with Crippen molar-refractivity contribution in [1.29, 1.82) is 0 Å². The third kappa shape index (κ3) is 7.55. The van der Waals surface area contributed by atoms with Gasteiger partial charge >= 0.3 is 0 Å². The molecule has 0 radical (unpaired) electrons. The molecule has 4 rings (SSSR count). The highest BCUT2D eigenvalue weighted by Gasteiger charge is 2.32. The molecule has 7 nitrogen and oxygen atoms in total. The molecule has 2 atom stereocenters. The van der Waals surface area contributed by atoms with Crippen molar-refractivity contribution < 1.29 is 14.3 Å². The van der Waals surface area contributed by atoms with Crippen molar-refractivity contribution in [2.45, 2.75) is 45.6 Å². The second-order valence-electron chi connectivity index (χ2n) is 10.2. The molecule has 3 aliphatic heterocycles. The average Bonchev–Trinajstić information content (AvgIpc) is 3.37. The molecule has 3 aliphatic rings. The number of benzene rings is 1. The van der Waals surface area contributed by atoms with Crippen molar-refractivity contribution in [3.05, 3.63) is 42.0 Å². The van der Waals surface area contributed by atoms with E-state index in [0.717, 1.165) is 63.4 Å². The summed E-state index contributed by atoms with van der Waals surface area (Å²) in [6, 6.07) is 8.11. The van der Waals surface area contributed by atoms with E-state index in [9.17, 15) is 9.59 Å². The number of nitrogens with zero attached hydrogens (tertiary/aromatic N) is 3. The number of hydrogen-bond acceptors (Lipinski definition) is 5. The zero-order chi connectivity index (χ0) is 24.5. The third-order valence-electron chi connectivity index (χ3n) is 7.54. The highest BCUT2D eigenvalue weighted by molar-refractivity contribution is 5.79. The van der Waals surface area contributed by atoms with E-state index in [2.05, 4.69) is 40.3 Å². The largest absolute Gasteiger partial charge is 0.489 e. The Morgan fingerprint density at radius 1 is 1.09 bits per heavy atom. The van der Waals surface area contributed by atoms with E-state index in [0.29, 0.717) is 32.7 Å². The van der Waals surface area contributed by atoms with Gasteiger partial charge < -0.3 is 19.9 Å². The van der Waals surface area contributed by atoms with Crippen molar-refractivity contribution in [3.8, 4) is 5.75 Å². The predicted molar refractivity (Wildman–Crippen MR) is 138 cm³/mol. The van der Waals surface area contributed by atoms with Crippen LogP contribution >= 0.6 is 0 Å². The van der Waals surface area contributed by atoms with Crippen LogP contribution < -0.4 is 10.1 Å². The second-order valence-corrected chi connectivity index (χ2v) is 10.2. The SMILES string of the molecule is CCCN1CC(=O)N2CC[C@@H](CC(=O)NCCN3CCCC3)[C@@H](/C=C\COc3ccccc3C1)C2. The lowest BCUT2D eigenvalue weighted by atomic mass is 9.82. The number of piperidine rings is 1. The summed E-state index contributed by atoms with van der Waals surface area (Å²) in [6.45, 7) is 9.99. The van der Waals surface area contributed by atoms with E-state index in [4.69, 9.17) is 4.74 Å². The molecule has 0 aromatic heterocycles. The van der Waals surface area contributed by atoms with Crippen LogP contribution in [0.25, 0.3) is 0 Å². The summed E-state index contributed by atoms with van der Waals surface area (Å²) in [5.74, 6) is 1.59. The number of carbonyl (C=O) groups excluding carboxylic acids is 2. The van der Waals surface area contributed by atoms with Crippen LogP contribution in [0.3, 0.4) is 0 Å². The summed E-state index contributed by atoms with van der Waals surface area (Å²) < 4.78 is 6.11. The first-order valence-electron chi connectivity index (χ1n) is 13.5. The van der Waals surface area contributed by atoms with Crippen molar-refractivity contribution in [2.75, 3.05) is 59.0 Å². The van der Waals surface area contributed by atoms with Gasteiger partial charge in [0.25, 0.3) is 0 Å². The summed E-state index contributed by atoms with van der Waals surface area (Å²) in [5.41, 5.74) is 1.11. The Bertz CT molecular complexity index is 868. The van der Waals surface area contributed by atoms with Gasteiger partial charge in [-0.3, -0.25) is 14.5 Å². The van der Waals surface area contributed by atoms with Gasteiger partial charge in [-0.2, -0.15) is 0 Å². The number of ether oxygens (including phenoxy) is 1. The van der Waals surface area contributed by atoms with E-state index in [1.165, 1.54) is 12.8 Å². The van der Waals surface area contributed by atoms with Gasteiger partial charge in [0.05, 0.1) is 6.54 Å². The molecule has 7 heteroatoms. The van der Waals surface area contributed by atoms with E-state index < -0.39 is 0 Å². The summed E-state index contributed by atoms with van der Waals surface area (Å²) in [4.78, 5) is 32.6. The van der Waals surface area contributed by atoms with Gasteiger partial charge in [-0.05, 0) is 63.2 Å². The molecule has 1 N–H and O–H groups in total. The van der Waals surface area contributed by atoms with Crippen LogP contribution in [-0.4, -0.2) is 85.5 Å². The Hall–Kier alpha value is -2.38. The van der Waals surface area contributed by atoms with Gasteiger partial charge in [-0.1, -0.05) is 37.3 Å². The zero-order valence-corrected chi connectivity index (χ0v) is 21.3. The molecule has 1 aromatic rings. The number of likely N-dealkylation sites (tertiary alicyclic amines) is 1. The lowest BCUT2D eigenvalue weighted by molar-refractivity contribution is -0.135. The lowest BCUT2D eigenvalue weighted by Crippen LogP contribution is -2.48. The van der Waals surface area contributed by atoms with Crippen LogP contribution in [-0.2, 0) is 16.1 Å². The van der Waals surface area contributed by atoms with Crippen LogP contribution in [0.1, 0.15) is 44.6 Å². The Balaban J connectivity index is 1.40. The lowest BCUT2D eigenvalue weighted by Gasteiger charge is -2.38. The quantitative estimate of drug-likeness (QED) is 0.606. The minimum Gasteiger partial charge on any atom is -0.489 e. The van der Waals surface area contributed by atoms with Crippen LogP contribution in [0, 0.1) is 11.8 Å². The Kier molecular flexibility index (Phi) is 9.60. The fraction of sp³-hybridized carbons (Fsp3) is 0.643. The molecule has 2 fully saturated rings. The monoisotopic (exact) mass is 482 g/mol. The molecule has 2 bridgehead atoms. The molecule has 0 saturated carbocycles. The number of carbonyl (C=O) groups is 2. The second kappa shape index (κ2) is 13.1. The highest BCUT2D eigenvalue weighted by Crippen LogP contribution is 2.29. The molecule has 35 heavy (non-hydrogen) atoms. The molecular weight excluding hydrogens is 440 g/mol. The molecular formula is C28H42N4O3. The van der Waals surface area contributed by atoms with Gasteiger partial charge in [0.1, 0.15) is 12.4 Å². The summed E-state index contributed by atoms with van der Waals surface area (Å²) in [5, 5.41) is 3.13. The summed E-state index contributed by atoms with van der Waals surface area (Å²) in [6.07, 6.45) is 9.14. The topological polar surface area (TPSA) is 65.1 Å². The third-order valence-corrected chi connectivity index (χ3v) is 7.54. The fourth-order valence-electron chi connectivity index (χ4n) is 5.60. The maximum atomic E-state index is 13.3. The average molecular weight is 483 g/mol. The normalized spacial score (nSPS) is 25.1. The van der Waals surface area contributed by atoms with Crippen molar-refractivity contribution in [1.82, 2.24) is 20.0 Å². The van der Waals surface area contributed by atoms with Gasteiger partial charge in [0.2, 0.25) is 11.8 Å². The summed E-state index contributed by atoms with van der Waals surface area (Å²) in [7, 11) is 0. The van der Waals surface area contributed by atoms with Crippen LogP contribution in [0.4, 0.5) is 0 Å². The molecule has 0 unspecified atom stereocenters. The van der Waals surface area contributed by atoms with Crippen LogP contribution in [0.2, 0.25) is 0 Å². The van der Waals surface area contributed by atoms with E-state index >= 15 is 0 Å². The first-order valence-corrected chi connectivity index (χ1v) is 13.5. The molecule has 2 amide bonds. The van der Waals surface area contributed by atoms with Crippen LogP contribution in [0.5, 0.6) is 5.75 Å². The standard InChI is InChI=1S/C28H42N4O3/c1-2-13-31-20-25-8-3-4-10-26(25)35-18-7-9-24-21-32(28(34)22-31)16-11-23(24)19-27(33)29-12-17-30-14-5-6-15-30/h3-4,7-10,23-24H,2,5-6,11-22H2,1H3,(H,29,33)/b9-7-/t23-,24-/m0/s1. The fourth-order valence-corrected chi connectivity index (χ4v) is 5.60. The number of amides is 2. The first-order chi connectivity index (χ1) is 17.1. The summed E-state index contributed by atoms with van der Waals surface area (Å²) >= 11 is 0. The number of hydrogen-bond donors (Lipinski definition) is 1. The number of nitrogens with one attached hydrogen (secondary N) is 1. The van der Waals surface area contributed by atoms with Crippen molar-refractivity contribution >= 4 is 11.8 Å². The predicted octanol–water partition coefficient (Wildman–Crippen LogP) is 2.91. The molecule has 2 saturated heterocycles. The highest BCUT2D eigenvalue weighted by atomic mass is 16.5. The van der Waals surface area contributed by atoms with Crippen molar-refractivity contribution in [3.63, 3.8) is 0 Å².